The molecule has 0 spiro atoms. The Balaban J connectivity index is 4.99. The smallest absolute Gasteiger partial charge is 0.456 e. The molecule has 3 atom stereocenters. The van der Waals surface area contributed by atoms with Crippen LogP contribution in [-0.4, -0.2) is 74.3 Å². The van der Waals surface area contributed by atoms with E-state index in [1.165, 1.54) is 231 Å². The third-order valence-corrected chi connectivity index (χ3v) is 16.5. The first-order valence-corrected chi connectivity index (χ1v) is 36.0. The molecule has 0 aliphatic carbocycles. The van der Waals surface area contributed by atoms with Crippen LogP contribution in [0.25, 0.3) is 0 Å². The summed E-state index contributed by atoms with van der Waals surface area (Å²) >= 11 is 0. The fraction of sp³-hybridized carbons (Fsp3) is 0.857. The lowest BCUT2D eigenvalue weighted by Gasteiger charge is -2.27. The third-order valence-electron chi connectivity index (χ3n) is 15.5. The lowest BCUT2D eigenvalue weighted by atomic mass is 10.0. The quantitative estimate of drug-likeness (QED) is 0.0205. The van der Waals surface area contributed by atoms with Gasteiger partial charge in [0.25, 0.3) is 0 Å². The fourth-order valence-corrected chi connectivity index (χ4v) is 10.9. The van der Waals surface area contributed by atoms with Crippen molar-refractivity contribution < 1.29 is 37.3 Å². The highest BCUT2D eigenvalue weighted by Crippen LogP contribution is 2.43. The highest BCUT2D eigenvalue weighted by atomic mass is 31.2. The average molecular weight is 1150 g/mol. The van der Waals surface area contributed by atoms with Crippen LogP contribution in [0.1, 0.15) is 335 Å². The largest absolute Gasteiger partial charge is 0.472 e. The first-order valence-electron chi connectivity index (χ1n) is 34.5. The van der Waals surface area contributed by atoms with Gasteiger partial charge in [0.15, 0.2) is 0 Å². The van der Waals surface area contributed by atoms with Gasteiger partial charge in [0.05, 0.1) is 33.8 Å². The number of carbonyl (C=O) groups excluding carboxylic acids is 2. The van der Waals surface area contributed by atoms with Crippen LogP contribution in [0.15, 0.2) is 48.6 Å². The van der Waals surface area contributed by atoms with Crippen molar-refractivity contribution >= 4 is 19.7 Å². The zero-order valence-electron chi connectivity index (χ0n) is 53.8. The average Bonchev–Trinajstić information content (AvgIpc) is 3.43. The van der Waals surface area contributed by atoms with Gasteiger partial charge < -0.3 is 19.4 Å². The minimum absolute atomic E-state index is 0.0409. The lowest BCUT2D eigenvalue weighted by molar-refractivity contribution is -0.870. The van der Waals surface area contributed by atoms with E-state index >= 15 is 0 Å². The first kappa shape index (κ1) is 78.0. The minimum Gasteiger partial charge on any atom is -0.456 e. The zero-order valence-corrected chi connectivity index (χ0v) is 54.7. The van der Waals surface area contributed by atoms with E-state index in [0.29, 0.717) is 23.9 Å². The van der Waals surface area contributed by atoms with Crippen LogP contribution in [0.4, 0.5) is 0 Å². The molecule has 1 amide bonds. The zero-order chi connectivity index (χ0) is 58.6. The fourth-order valence-electron chi connectivity index (χ4n) is 10.1. The minimum atomic E-state index is -4.45. The van der Waals surface area contributed by atoms with Crippen molar-refractivity contribution in [2.75, 3.05) is 40.9 Å². The van der Waals surface area contributed by atoms with Gasteiger partial charge in [-0.2, -0.15) is 0 Å². The number of unbranched alkanes of at least 4 members (excludes halogenated alkanes) is 41. The number of ether oxygens (including phenoxy) is 1. The summed E-state index contributed by atoms with van der Waals surface area (Å²) in [6.45, 7) is 7.01. The van der Waals surface area contributed by atoms with Crippen molar-refractivity contribution in [3.05, 3.63) is 48.6 Å². The van der Waals surface area contributed by atoms with Crippen molar-refractivity contribution in [2.24, 2.45) is 0 Å². The molecule has 0 aliphatic rings. The van der Waals surface area contributed by atoms with Gasteiger partial charge in [0.2, 0.25) is 5.91 Å². The van der Waals surface area contributed by atoms with Gasteiger partial charge in [-0.15, -0.1) is 0 Å². The predicted molar refractivity (Wildman–Crippen MR) is 346 cm³/mol. The van der Waals surface area contributed by atoms with E-state index < -0.39 is 20.0 Å². The molecule has 0 heterocycles. The number of phosphoric acid groups is 1. The molecule has 0 bridgehead atoms. The summed E-state index contributed by atoms with van der Waals surface area (Å²) < 4.78 is 30.8. The van der Waals surface area contributed by atoms with Gasteiger partial charge in [-0.05, 0) is 89.5 Å². The normalized spacial score (nSPS) is 13.8. The monoisotopic (exact) mass is 1150 g/mol. The van der Waals surface area contributed by atoms with Crippen molar-refractivity contribution in [2.45, 2.75) is 348 Å². The number of nitrogens with zero attached hydrogens (tertiary/aromatic N) is 1. The van der Waals surface area contributed by atoms with E-state index in [2.05, 4.69) is 62.5 Å². The van der Waals surface area contributed by atoms with E-state index in [1.807, 2.05) is 33.3 Å². The Bertz CT molecular complexity index is 1510. The molecule has 0 fully saturated rings. The molecule has 0 radical (unpaired) electrons. The van der Waals surface area contributed by atoms with Gasteiger partial charge in [-0.1, -0.05) is 282 Å². The van der Waals surface area contributed by atoms with E-state index in [9.17, 15) is 19.0 Å². The van der Waals surface area contributed by atoms with Crippen molar-refractivity contribution in [3.63, 3.8) is 0 Å². The highest BCUT2D eigenvalue weighted by molar-refractivity contribution is 7.47. The van der Waals surface area contributed by atoms with E-state index in [-0.39, 0.29) is 25.1 Å². The third kappa shape index (κ3) is 60.6. The van der Waals surface area contributed by atoms with Crippen LogP contribution < -0.4 is 5.32 Å². The molecule has 470 valence electrons. The summed E-state index contributed by atoms with van der Waals surface area (Å²) in [5, 5.41) is 3.06. The maximum Gasteiger partial charge on any atom is 0.472 e. The number of hydrogen-bond acceptors (Lipinski definition) is 6. The summed E-state index contributed by atoms with van der Waals surface area (Å²) in [5.41, 5.74) is 0. The number of likely N-dealkylation sites (N-methyl/N-ethyl adjacent to an activating group) is 1. The molecule has 0 aromatic heterocycles. The molecule has 2 N–H and O–H groups in total. The Morgan fingerprint density at radius 2 is 0.762 bits per heavy atom. The Hall–Kier alpha value is -2.03. The Morgan fingerprint density at radius 1 is 0.438 bits per heavy atom. The highest BCUT2D eigenvalue weighted by Gasteiger charge is 2.30. The maximum absolute atomic E-state index is 13.6. The van der Waals surface area contributed by atoms with Crippen LogP contribution in [0, 0.1) is 0 Å². The molecule has 0 aliphatic heterocycles. The number of rotatable bonds is 63. The Labute approximate surface area is 497 Å². The van der Waals surface area contributed by atoms with Gasteiger partial charge >= 0.3 is 13.8 Å². The van der Waals surface area contributed by atoms with Crippen LogP contribution >= 0.6 is 7.82 Å². The lowest BCUT2D eigenvalue weighted by Crippen LogP contribution is -2.47. The molecule has 80 heavy (non-hydrogen) atoms. The van der Waals surface area contributed by atoms with Crippen LogP contribution in [0.2, 0.25) is 0 Å². The Kier molecular flexibility index (Phi) is 58.6. The van der Waals surface area contributed by atoms with Gasteiger partial charge in [0.1, 0.15) is 19.3 Å². The van der Waals surface area contributed by atoms with Crippen LogP contribution in [0.5, 0.6) is 0 Å². The summed E-state index contributed by atoms with van der Waals surface area (Å²) in [4.78, 5) is 37.8. The molecule has 0 rings (SSSR count). The number of esters is 1. The van der Waals surface area contributed by atoms with Gasteiger partial charge in [-0.25, -0.2) is 4.57 Å². The van der Waals surface area contributed by atoms with E-state index in [0.717, 1.165) is 70.6 Å². The molecule has 0 aromatic rings. The van der Waals surface area contributed by atoms with Crippen molar-refractivity contribution in [3.8, 4) is 0 Å². The number of amides is 1. The second-order valence-corrected chi connectivity index (χ2v) is 26.1. The molecule has 10 heteroatoms. The number of carbonyl (C=O) groups is 2. The summed E-state index contributed by atoms with van der Waals surface area (Å²) in [5.74, 6) is -0.496. The summed E-state index contributed by atoms with van der Waals surface area (Å²) in [6, 6.07) is -0.848. The van der Waals surface area contributed by atoms with Crippen molar-refractivity contribution in [1.82, 2.24) is 5.32 Å². The summed E-state index contributed by atoms with van der Waals surface area (Å²) in [6.07, 6.45) is 75.5. The number of allylic oxidation sites excluding steroid dienone is 7. The van der Waals surface area contributed by atoms with Crippen LogP contribution in [-0.2, 0) is 27.9 Å². The molecular formula is C70H134N2O7P+. The van der Waals surface area contributed by atoms with E-state index in [4.69, 9.17) is 13.8 Å². The predicted octanol–water partition coefficient (Wildman–Crippen LogP) is 21.6. The second-order valence-electron chi connectivity index (χ2n) is 24.7. The topological polar surface area (TPSA) is 111 Å². The SMILES string of the molecule is CCCCC/C=C\C/C=C\CCCCCCCCCCCCCCCCCCCC(=O)OC(/C=C\CCCCCCCCCCCC)C(COP(=O)(O)OCC[N+](C)(C)C)NC(=O)CCCCCCCCC/C=C\CCCCCC. The molecule has 3 unspecified atom stereocenters. The van der Waals surface area contributed by atoms with Crippen LogP contribution in [0.3, 0.4) is 0 Å². The number of nitrogens with one attached hydrogen (secondary N) is 1. The number of hydrogen-bond donors (Lipinski definition) is 2. The second kappa shape index (κ2) is 60.1. The van der Waals surface area contributed by atoms with Crippen molar-refractivity contribution in [1.29, 1.82) is 0 Å². The van der Waals surface area contributed by atoms with Gasteiger partial charge in [-0.3, -0.25) is 18.6 Å². The number of quaternary nitrogens is 1. The maximum atomic E-state index is 13.6. The van der Waals surface area contributed by atoms with E-state index in [1.54, 1.807) is 0 Å². The molecular weight excluding hydrogens is 1010 g/mol. The molecule has 0 saturated heterocycles. The molecule has 0 saturated carbocycles. The molecule has 9 nitrogen and oxygen atoms in total. The standard InChI is InChI=1S/C70H133N2O7P/c1-7-10-13-16-19-22-25-28-30-31-32-33-34-35-36-37-38-39-40-41-43-45-48-51-54-57-60-63-70(74)79-68(61-58-55-52-49-46-27-24-21-18-15-12-9-3)67(66-78-80(75,76)77-65-64-72(4,5)6)71-69(73)62-59-56-53-50-47-44-42-29-26-23-20-17-14-11-8-2/h19,22-23,26,28,30,58,61,67-68H,7-18,20-21,24-25,27,29,31-57,59-60,62-66H2,1-6H3,(H-,71,73,75,76)/p+1/b22-19-,26-23-,30-28-,61-58-. The number of phosphoric ester groups is 1. The van der Waals surface area contributed by atoms with Gasteiger partial charge in [0, 0.05) is 12.8 Å². The summed E-state index contributed by atoms with van der Waals surface area (Å²) in [7, 11) is 1.50. The molecule has 0 aromatic carbocycles. The first-order chi connectivity index (χ1) is 38.9. The Morgan fingerprint density at radius 3 is 1.18 bits per heavy atom.